The summed E-state index contributed by atoms with van der Waals surface area (Å²) < 4.78 is 0. The molecule has 78 valence electrons. The van der Waals surface area contributed by atoms with E-state index in [9.17, 15) is 9.59 Å². The van der Waals surface area contributed by atoms with Gasteiger partial charge in [0.1, 0.15) is 0 Å². The maximum Gasteiger partial charge on any atom is 0.234 e. The summed E-state index contributed by atoms with van der Waals surface area (Å²) >= 11 is 11.7. The van der Waals surface area contributed by atoms with Crippen LogP contribution in [0.4, 0.5) is 0 Å². The zero-order chi connectivity index (χ0) is 11.0. The van der Waals surface area contributed by atoms with E-state index < -0.39 is 5.92 Å². The summed E-state index contributed by atoms with van der Waals surface area (Å²) in [6.07, 6.45) is 0.153. The first-order valence-corrected chi connectivity index (χ1v) is 5.12. The van der Waals surface area contributed by atoms with E-state index in [0.29, 0.717) is 15.6 Å². The molecule has 1 aliphatic heterocycles. The quantitative estimate of drug-likeness (QED) is 0.769. The lowest BCUT2D eigenvalue weighted by Crippen LogP contribution is -2.21. The minimum Gasteiger partial charge on any atom is -0.296 e. The van der Waals surface area contributed by atoms with Gasteiger partial charge in [-0.1, -0.05) is 29.3 Å². The molecule has 0 saturated carbocycles. The van der Waals surface area contributed by atoms with Crippen LogP contribution in [0, 0.1) is 0 Å². The van der Waals surface area contributed by atoms with Gasteiger partial charge < -0.3 is 0 Å². The van der Waals surface area contributed by atoms with Crippen LogP contribution in [-0.4, -0.2) is 11.8 Å². The SMILES string of the molecule is O=C1CC(c2ccc(Cl)cc2Cl)C(=O)N1. The number of hydrogen-bond donors (Lipinski definition) is 1. The molecule has 2 rings (SSSR count). The average molecular weight is 244 g/mol. The Balaban J connectivity index is 2.38. The van der Waals surface area contributed by atoms with Gasteiger partial charge in [0.2, 0.25) is 11.8 Å². The first-order chi connectivity index (χ1) is 7.08. The van der Waals surface area contributed by atoms with Crippen molar-refractivity contribution in [1.29, 1.82) is 0 Å². The molecule has 0 bridgehead atoms. The number of halogens is 2. The summed E-state index contributed by atoms with van der Waals surface area (Å²) in [7, 11) is 0. The van der Waals surface area contributed by atoms with E-state index in [4.69, 9.17) is 23.2 Å². The molecule has 1 aromatic rings. The highest BCUT2D eigenvalue weighted by Gasteiger charge is 2.32. The van der Waals surface area contributed by atoms with Gasteiger partial charge in [-0.2, -0.15) is 0 Å². The lowest BCUT2D eigenvalue weighted by Gasteiger charge is -2.08. The Morgan fingerprint density at radius 1 is 1.27 bits per heavy atom. The van der Waals surface area contributed by atoms with Gasteiger partial charge in [-0.15, -0.1) is 0 Å². The lowest BCUT2D eigenvalue weighted by atomic mass is 9.98. The number of imide groups is 1. The number of rotatable bonds is 1. The second-order valence-electron chi connectivity index (χ2n) is 3.33. The molecule has 1 fully saturated rings. The van der Waals surface area contributed by atoms with Crippen molar-refractivity contribution in [3.63, 3.8) is 0 Å². The van der Waals surface area contributed by atoms with Gasteiger partial charge in [-0.3, -0.25) is 14.9 Å². The standard InChI is InChI=1S/C10H7Cl2NO2/c11-5-1-2-6(8(12)3-5)7-4-9(14)13-10(7)15/h1-3,7H,4H2,(H,13,14,15). The van der Waals surface area contributed by atoms with Crippen LogP contribution in [0.15, 0.2) is 18.2 Å². The van der Waals surface area contributed by atoms with Crippen molar-refractivity contribution in [2.75, 3.05) is 0 Å². The molecule has 0 spiro atoms. The zero-order valence-corrected chi connectivity index (χ0v) is 9.10. The predicted octanol–water partition coefficient (Wildman–Crippen LogP) is 2.12. The third-order valence-corrected chi connectivity index (χ3v) is 2.87. The van der Waals surface area contributed by atoms with Gasteiger partial charge in [-0.25, -0.2) is 0 Å². The third kappa shape index (κ3) is 1.98. The van der Waals surface area contributed by atoms with E-state index in [-0.39, 0.29) is 18.2 Å². The summed E-state index contributed by atoms with van der Waals surface area (Å²) in [5, 5.41) is 3.16. The van der Waals surface area contributed by atoms with Crippen LogP contribution in [0.25, 0.3) is 0 Å². The maximum absolute atomic E-state index is 11.4. The third-order valence-electron chi connectivity index (χ3n) is 2.31. The van der Waals surface area contributed by atoms with E-state index in [1.807, 2.05) is 0 Å². The molecule has 1 atom stereocenters. The Morgan fingerprint density at radius 3 is 2.53 bits per heavy atom. The van der Waals surface area contributed by atoms with Gasteiger partial charge in [-0.05, 0) is 17.7 Å². The molecular weight excluding hydrogens is 237 g/mol. The topological polar surface area (TPSA) is 46.2 Å². The second kappa shape index (κ2) is 3.83. The van der Waals surface area contributed by atoms with Crippen LogP contribution in [0.1, 0.15) is 17.9 Å². The van der Waals surface area contributed by atoms with E-state index >= 15 is 0 Å². The molecule has 0 aliphatic carbocycles. The average Bonchev–Trinajstić information content (AvgIpc) is 2.45. The van der Waals surface area contributed by atoms with Gasteiger partial charge in [0.15, 0.2) is 0 Å². The summed E-state index contributed by atoms with van der Waals surface area (Å²) in [6, 6.07) is 4.89. The van der Waals surface area contributed by atoms with Crippen molar-refractivity contribution in [3.05, 3.63) is 33.8 Å². The van der Waals surface area contributed by atoms with Crippen molar-refractivity contribution >= 4 is 35.0 Å². The van der Waals surface area contributed by atoms with E-state index in [1.54, 1.807) is 18.2 Å². The predicted molar refractivity (Wildman–Crippen MR) is 57.0 cm³/mol. The number of nitrogens with one attached hydrogen (secondary N) is 1. The van der Waals surface area contributed by atoms with Crippen LogP contribution in [-0.2, 0) is 9.59 Å². The molecule has 5 heteroatoms. The molecule has 1 heterocycles. The lowest BCUT2D eigenvalue weighted by molar-refractivity contribution is -0.125. The fourth-order valence-electron chi connectivity index (χ4n) is 1.59. The number of amides is 2. The van der Waals surface area contributed by atoms with Crippen LogP contribution >= 0.6 is 23.2 Å². The van der Waals surface area contributed by atoms with Crippen LogP contribution in [0.2, 0.25) is 10.0 Å². The molecule has 1 N–H and O–H groups in total. The van der Waals surface area contributed by atoms with Crippen LogP contribution in [0.3, 0.4) is 0 Å². The normalized spacial score (nSPS) is 20.5. The minimum atomic E-state index is -0.484. The monoisotopic (exact) mass is 243 g/mol. The molecule has 1 aromatic carbocycles. The largest absolute Gasteiger partial charge is 0.296 e. The van der Waals surface area contributed by atoms with Gasteiger partial charge in [0.25, 0.3) is 0 Å². The summed E-state index contributed by atoms with van der Waals surface area (Å²) in [5.41, 5.74) is 0.643. The smallest absolute Gasteiger partial charge is 0.234 e. The van der Waals surface area contributed by atoms with Crippen LogP contribution < -0.4 is 5.32 Å². The van der Waals surface area contributed by atoms with E-state index in [2.05, 4.69) is 5.32 Å². The number of carbonyl (C=O) groups is 2. The number of benzene rings is 1. The van der Waals surface area contributed by atoms with Crippen molar-refractivity contribution in [2.45, 2.75) is 12.3 Å². The fourth-order valence-corrected chi connectivity index (χ4v) is 2.13. The Morgan fingerprint density at radius 2 is 2.00 bits per heavy atom. The summed E-state index contributed by atoms with van der Waals surface area (Å²) in [5.74, 6) is -1.05. The molecule has 1 aliphatic rings. The first-order valence-electron chi connectivity index (χ1n) is 4.36. The molecule has 0 aromatic heterocycles. The molecule has 2 amide bonds. The highest BCUT2D eigenvalue weighted by molar-refractivity contribution is 6.35. The summed E-state index contributed by atoms with van der Waals surface area (Å²) in [6.45, 7) is 0. The second-order valence-corrected chi connectivity index (χ2v) is 4.18. The Kier molecular flexibility index (Phi) is 2.67. The molecule has 0 radical (unpaired) electrons. The Labute approximate surface area is 96.4 Å². The Hall–Kier alpha value is -1.06. The Bertz CT molecular complexity index is 445. The molecular formula is C10H7Cl2NO2. The van der Waals surface area contributed by atoms with Gasteiger partial charge in [0, 0.05) is 16.5 Å². The zero-order valence-electron chi connectivity index (χ0n) is 7.59. The van der Waals surface area contributed by atoms with E-state index in [0.717, 1.165) is 0 Å². The highest BCUT2D eigenvalue weighted by Crippen LogP contribution is 2.31. The number of carbonyl (C=O) groups excluding carboxylic acids is 2. The van der Waals surface area contributed by atoms with Crippen LogP contribution in [0.5, 0.6) is 0 Å². The maximum atomic E-state index is 11.4. The highest BCUT2D eigenvalue weighted by atomic mass is 35.5. The molecule has 15 heavy (non-hydrogen) atoms. The van der Waals surface area contributed by atoms with Crippen molar-refractivity contribution in [2.24, 2.45) is 0 Å². The first kappa shape index (κ1) is 10.5. The van der Waals surface area contributed by atoms with Gasteiger partial charge >= 0.3 is 0 Å². The minimum absolute atomic E-state index is 0.153. The van der Waals surface area contributed by atoms with Crippen molar-refractivity contribution in [3.8, 4) is 0 Å². The number of hydrogen-bond acceptors (Lipinski definition) is 2. The van der Waals surface area contributed by atoms with Gasteiger partial charge in [0.05, 0.1) is 5.92 Å². The van der Waals surface area contributed by atoms with Crippen molar-refractivity contribution in [1.82, 2.24) is 5.32 Å². The van der Waals surface area contributed by atoms with E-state index in [1.165, 1.54) is 0 Å². The molecule has 1 unspecified atom stereocenters. The molecule has 3 nitrogen and oxygen atoms in total. The molecule has 1 saturated heterocycles. The fraction of sp³-hybridized carbons (Fsp3) is 0.200. The van der Waals surface area contributed by atoms with Crippen molar-refractivity contribution < 1.29 is 9.59 Å². The summed E-state index contributed by atoms with van der Waals surface area (Å²) in [4.78, 5) is 22.4.